The first-order valence-corrected chi connectivity index (χ1v) is 5.02. The summed E-state index contributed by atoms with van der Waals surface area (Å²) in [5, 5.41) is 2.11. The van der Waals surface area contributed by atoms with Crippen LogP contribution in [0.1, 0.15) is 30.6 Å². The maximum absolute atomic E-state index is 6.24. The molecule has 1 fully saturated rings. The Labute approximate surface area is 71.2 Å². The molecule has 1 aliphatic carbocycles. The van der Waals surface area contributed by atoms with Crippen LogP contribution in [0.25, 0.3) is 0 Å². The fourth-order valence-electron chi connectivity index (χ4n) is 1.81. The minimum atomic E-state index is 0.0359. The van der Waals surface area contributed by atoms with Crippen LogP contribution in [0.2, 0.25) is 0 Å². The van der Waals surface area contributed by atoms with Gasteiger partial charge in [0, 0.05) is 4.88 Å². The lowest BCUT2D eigenvalue weighted by Crippen LogP contribution is -2.31. The molecule has 2 N–H and O–H groups in total. The largest absolute Gasteiger partial charge is 0.321 e. The minimum Gasteiger partial charge on any atom is -0.321 e. The van der Waals surface area contributed by atoms with Crippen molar-refractivity contribution in [3.8, 4) is 0 Å². The highest BCUT2D eigenvalue weighted by Crippen LogP contribution is 2.38. The smallest absolute Gasteiger partial charge is 0.0503 e. The molecule has 0 aromatic carbocycles. The molecule has 2 rings (SSSR count). The number of nitrogens with two attached hydrogens (primary N) is 1. The maximum Gasteiger partial charge on any atom is 0.0503 e. The summed E-state index contributed by atoms with van der Waals surface area (Å²) in [6.45, 7) is 0. The Kier molecular flexibility index (Phi) is 1.74. The molecule has 60 valence electrons. The SMILES string of the molecule is NC1(c2cccs2)CCCC1. The van der Waals surface area contributed by atoms with Gasteiger partial charge in [0.05, 0.1) is 5.54 Å². The van der Waals surface area contributed by atoms with Gasteiger partial charge in [0.2, 0.25) is 0 Å². The molecule has 0 unspecified atom stereocenters. The van der Waals surface area contributed by atoms with E-state index in [0.29, 0.717) is 0 Å². The van der Waals surface area contributed by atoms with Crippen LogP contribution in [0, 0.1) is 0 Å². The van der Waals surface area contributed by atoms with Gasteiger partial charge in [-0.2, -0.15) is 0 Å². The van der Waals surface area contributed by atoms with Crippen LogP contribution in [0.3, 0.4) is 0 Å². The lowest BCUT2D eigenvalue weighted by Gasteiger charge is -2.21. The topological polar surface area (TPSA) is 26.0 Å². The normalized spacial score (nSPS) is 22.3. The maximum atomic E-state index is 6.24. The van der Waals surface area contributed by atoms with Crippen molar-refractivity contribution in [1.29, 1.82) is 0 Å². The lowest BCUT2D eigenvalue weighted by molar-refractivity contribution is 0.472. The Morgan fingerprint density at radius 1 is 1.36 bits per heavy atom. The van der Waals surface area contributed by atoms with E-state index in [9.17, 15) is 0 Å². The highest BCUT2D eigenvalue weighted by molar-refractivity contribution is 7.10. The van der Waals surface area contributed by atoms with Crippen molar-refractivity contribution in [3.63, 3.8) is 0 Å². The van der Waals surface area contributed by atoms with E-state index in [2.05, 4.69) is 17.5 Å². The second kappa shape index (κ2) is 2.61. The van der Waals surface area contributed by atoms with Crippen molar-refractivity contribution >= 4 is 11.3 Å². The van der Waals surface area contributed by atoms with Crippen LogP contribution in [0.5, 0.6) is 0 Å². The van der Waals surface area contributed by atoms with E-state index in [1.165, 1.54) is 30.6 Å². The van der Waals surface area contributed by atoms with Crippen molar-refractivity contribution in [2.75, 3.05) is 0 Å². The van der Waals surface area contributed by atoms with E-state index >= 15 is 0 Å². The Balaban J connectivity index is 2.27. The van der Waals surface area contributed by atoms with Gasteiger partial charge in [-0.05, 0) is 24.3 Å². The van der Waals surface area contributed by atoms with Gasteiger partial charge in [-0.25, -0.2) is 0 Å². The van der Waals surface area contributed by atoms with Gasteiger partial charge in [0.25, 0.3) is 0 Å². The van der Waals surface area contributed by atoms with Crippen LogP contribution in [0.4, 0.5) is 0 Å². The molecule has 0 radical (unpaired) electrons. The van der Waals surface area contributed by atoms with Crippen molar-refractivity contribution in [2.45, 2.75) is 31.2 Å². The molecule has 1 heterocycles. The third-order valence-electron chi connectivity index (χ3n) is 2.51. The summed E-state index contributed by atoms with van der Waals surface area (Å²) in [4.78, 5) is 1.37. The fraction of sp³-hybridized carbons (Fsp3) is 0.556. The zero-order valence-corrected chi connectivity index (χ0v) is 7.36. The molecule has 1 aromatic heterocycles. The third-order valence-corrected chi connectivity index (χ3v) is 3.60. The molecule has 0 aliphatic heterocycles. The molecular weight excluding hydrogens is 154 g/mol. The molecule has 0 saturated heterocycles. The van der Waals surface area contributed by atoms with Gasteiger partial charge >= 0.3 is 0 Å². The van der Waals surface area contributed by atoms with Crippen LogP contribution in [0.15, 0.2) is 17.5 Å². The summed E-state index contributed by atoms with van der Waals surface area (Å²) < 4.78 is 0. The zero-order valence-electron chi connectivity index (χ0n) is 6.55. The Morgan fingerprint density at radius 2 is 2.09 bits per heavy atom. The molecule has 0 spiro atoms. The van der Waals surface area contributed by atoms with Gasteiger partial charge in [-0.1, -0.05) is 18.9 Å². The van der Waals surface area contributed by atoms with Crippen LogP contribution >= 0.6 is 11.3 Å². The minimum absolute atomic E-state index is 0.0359. The summed E-state index contributed by atoms with van der Waals surface area (Å²) in [5.74, 6) is 0. The number of rotatable bonds is 1. The van der Waals surface area contributed by atoms with Crippen molar-refractivity contribution < 1.29 is 0 Å². The first kappa shape index (κ1) is 7.32. The van der Waals surface area contributed by atoms with E-state index < -0.39 is 0 Å². The van der Waals surface area contributed by atoms with E-state index in [1.54, 1.807) is 11.3 Å². The number of hydrogen-bond acceptors (Lipinski definition) is 2. The van der Waals surface area contributed by atoms with E-state index in [-0.39, 0.29) is 5.54 Å². The molecule has 1 aliphatic rings. The second-order valence-corrected chi connectivity index (χ2v) is 4.29. The van der Waals surface area contributed by atoms with Gasteiger partial charge < -0.3 is 5.73 Å². The van der Waals surface area contributed by atoms with Gasteiger partial charge in [0.1, 0.15) is 0 Å². The second-order valence-electron chi connectivity index (χ2n) is 3.34. The van der Waals surface area contributed by atoms with E-state index in [4.69, 9.17) is 5.73 Å². The summed E-state index contributed by atoms with van der Waals surface area (Å²) in [7, 11) is 0. The Bertz CT molecular complexity index is 222. The molecule has 11 heavy (non-hydrogen) atoms. The molecule has 0 atom stereocenters. The molecule has 2 heteroatoms. The Morgan fingerprint density at radius 3 is 2.64 bits per heavy atom. The summed E-state index contributed by atoms with van der Waals surface area (Å²) in [6, 6.07) is 4.25. The third kappa shape index (κ3) is 1.21. The highest BCUT2D eigenvalue weighted by atomic mass is 32.1. The summed E-state index contributed by atoms with van der Waals surface area (Å²) in [5.41, 5.74) is 6.27. The quantitative estimate of drug-likeness (QED) is 0.683. The predicted octanol–water partition coefficient (Wildman–Crippen LogP) is 2.48. The zero-order chi connectivity index (χ0) is 7.73. The van der Waals surface area contributed by atoms with Crippen LogP contribution in [-0.2, 0) is 5.54 Å². The molecule has 0 bridgehead atoms. The van der Waals surface area contributed by atoms with Gasteiger partial charge in [-0.15, -0.1) is 11.3 Å². The standard InChI is InChI=1S/C9H13NS/c10-9(5-1-2-6-9)8-4-3-7-11-8/h3-4,7H,1-2,5-6,10H2. The summed E-state index contributed by atoms with van der Waals surface area (Å²) in [6.07, 6.45) is 4.95. The molecule has 1 saturated carbocycles. The first-order chi connectivity index (χ1) is 5.31. The molecule has 1 aromatic rings. The van der Waals surface area contributed by atoms with Crippen LogP contribution in [-0.4, -0.2) is 0 Å². The summed E-state index contributed by atoms with van der Waals surface area (Å²) >= 11 is 1.79. The monoisotopic (exact) mass is 167 g/mol. The number of hydrogen-bond donors (Lipinski definition) is 1. The molecule has 0 amide bonds. The Hall–Kier alpha value is -0.340. The van der Waals surface area contributed by atoms with Gasteiger partial charge in [-0.3, -0.25) is 0 Å². The van der Waals surface area contributed by atoms with Crippen LogP contribution < -0.4 is 5.73 Å². The lowest BCUT2D eigenvalue weighted by atomic mass is 9.97. The molecule has 1 nitrogen and oxygen atoms in total. The van der Waals surface area contributed by atoms with E-state index in [1.807, 2.05) is 0 Å². The first-order valence-electron chi connectivity index (χ1n) is 4.14. The predicted molar refractivity (Wildman–Crippen MR) is 48.7 cm³/mol. The average molecular weight is 167 g/mol. The number of thiophene rings is 1. The highest BCUT2D eigenvalue weighted by Gasteiger charge is 2.31. The van der Waals surface area contributed by atoms with E-state index in [0.717, 1.165) is 0 Å². The van der Waals surface area contributed by atoms with Crippen molar-refractivity contribution in [2.24, 2.45) is 5.73 Å². The fourth-order valence-corrected chi connectivity index (χ4v) is 2.71. The van der Waals surface area contributed by atoms with Crippen molar-refractivity contribution in [3.05, 3.63) is 22.4 Å². The van der Waals surface area contributed by atoms with Crippen molar-refractivity contribution in [1.82, 2.24) is 0 Å². The van der Waals surface area contributed by atoms with Gasteiger partial charge in [0.15, 0.2) is 0 Å². The molecular formula is C9H13NS. The average Bonchev–Trinajstić information content (AvgIpc) is 2.55.